The summed E-state index contributed by atoms with van der Waals surface area (Å²) in [6.45, 7) is 6.81. The van der Waals surface area contributed by atoms with E-state index in [1.807, 2.05) is 6.07 Å². The second kappa shape index (κ2) is 9.57. The van der Waals surface area contributed by atoms with Gasteiger partial charge in [-0.05, 0) is 63.6 Å². The Morgan fingerprint density at radius 1 is 1.19 bits per heavy atom. The number of methoxy groups -OCH3 is 1. The SMILES string of the molecule is COc1nc2c(NC[C@@H]3CCOC3)c3c(nc2cc1OCCCN1CCCC1)CCC3. The third-order valence-corrected chi connectivity index (χ3v) is 6.78. The number of ether oxygens (including phenoxy) is 3. The van der Waals surface area contributed by atoms with Crippen LogP contribution in [0.4, 0.5) is 5.69 Å². The minimum Gasteiger partial charge on any atom is -0.488 e. The number of nitrogens with zero attached hydrogens (tertiary/aromatic N) is 3. The van der Waals surface area contributed by atoms with Gasteiger partial charge in [0.05, 0.1) is 31.5 Å². The van der Waals surface area contributed by atoms with E-state index in [4.69, 9.17) is 24.2 Å². The third kappa shape index (κ3) is 4.58. The molecule has 2 saturated heterocycles. The average molecular weight is 427 g/mol. The second-order valence-corrected chi connectivity index (χ2v) is 8.99. The average Bonchev–Trinajstić information content (AvgIpc) is 3.56. The predicted molar refractivity (Wildman–Crippen MR) is 121 cm³/mol. The molecule has 4 heterocycles. The number of hydrogen-bond acceptors (Lipinski definition) is 7. The summed E-state index contributed by atoms with van der Waals surface area (Å²) in [6.07, 6.45) is 8.01. The first kappa shape index (κ1) is 20.8. The minimum atomic E-state index is 0.542. The molecular weight excluding hydrogens is 392 g/mol. The van der Waals surface area contributed by atoms with Crippen molar-refractivity contribution in [3.63, 3.8) is 0 Å². The van der Waals surface area contributed by atoms with Crippen molar-refractivity contribution in [2.75, 3.05) is 58.4 Å². The lowest BCUT2D eigenvalue weighted by atomic mass is 10.1. The van der Waals surface area contributed by atoms with Crippen molar-refractivity contribution < 1.29 is 14.2 Å². The van der Waals surface area contributed by atoms with E-state index in [-0.39, 0.29) is 0 Å². The first-order valence-electron chi connectivity index (χ1n) is 11.9. The highest BCUT2D eigenvalue weighted by Crippen LogP contribution is 2.37. The molecule has 1 N–H and O–H groups in total. The van der Waals surface area contributed by atoms with Crippen LogP contribution in [0.1, 0.15) is 43.4 Å². The smallest absolute Gasteiger partial charge is 0.257 e. The number of nitrogens with one attached hydrogen (secondary N) is 1. The fourth-order valence-electron chi connectivity index (χ4n) is 5.05. The molecule has 0 unspecified atom stereocenters. The van der Waals surface area contributed by atoms with Crippen LogP contribution in [0.3, 0.4) is 0 Å². The Balaban J connectivity index is 1.36. The fourth-order valence-corrected chi connectivity index (χ4v) is 5.05. The van der Waals surface area contributed by atoms with Gasteiger partial charge >= 0.3 is 0 Å². The maximum absolute atomic E-state index is 6.11. The molecule has 2 aliphatic heterocycles. The summed E-state index contributed by atoms with van der Waals surface area (Å²) < 4.78 is 17.3. The summed E-state index contributed by atoms with van der Waals surface area (Å²) in [5.74, 6) is 1.79. The van der Waals surface area contributed by atoms with Gasteiger partial charge in [0, 0.05) is 37.4 Å². The monoisotopic (exact) mass is 426 g/mol. The van der Waals surface area contributed by atoms with E-state index in [2.05, 4.69) is 10.2 Å². The molecule has 2 aromatic rings. The Kier molecular flexibility index (Phi) is 6.41. The zero-order valence-corrected chi connectivity index (χ0v) is 18.6. The molecule has 0 spiro atoms. The molecule has 7 heteroatoms. The van der Waals surface area contributed by atoms with Crippen molar-refractivity contribution in [3.8, 4) is 11.6 Å². The Morgan fingerprint density at radius 2 is 2.10 bits per heavy atom. The van der Waals surface area contributed by atoms with E-state index in [0.717, 1.165) is 75.1 Å². The number of fused-ring (bicyclic) bond motifs is 2. The van der Waals surface area contributed by atoms with Crippen LogP contribution in [-0.4, -0.2) is 68.0 Å². The normalized spacial score (nSPS) is 21.0. The molecule has 2 fully saturated rings. The maximum Gasteiger partial charge on any atom is 0.257 e. The summed E-state index contributed by atoms with van der Waals surface area (Å²) in [4.78, 5) is 12.3. The van der Waals surface area contributed by atoms with Crippen molar-refractivity contribution >= 4 is 16.7 Å². The molecule has 1 atom stereocenters. The van der Waals surface area contributed by atoms with Gasteiger partial charge in [0.25, 0.3) is 5.88 Å². The van der Waals surface area contributed by atoms with Crippen LogP contribution in [0.25, 0.3) is 11.0 Å². The lowest BCUT2D eigenvalue weighted by Gasteiger charge is -2.18. The first-order valence-corrected chi connectivity index (χ1v) is 11.9. The molecule has 5 rings (SSSR count). The Hall–Kier alpha value is -2.12. The number of pyridine rings is 2. The van der Waals surface area contributed by atoms with Gasteiger partial charge in [-0.15, -0.1) is 0 Å². The predicted octanol–water partition coefficient (Wildman–Crippen LogP) is 3.44. The highest BCUT2D eigenvalue weighted by molar-refractivity contribution is 5.91. The van der Waals surface area contributed by atoms with E-state index in [0.29, 0.717) is 24.2 Å². The van der Waals surface area contributed by atoms with Crippen LogP contribution in [-0.2, 0) is 17.6 Å². The van der Waals surface area contributed by atoms with Crippen LogP contribution in [0, 0.1) is 5.92 Å². The number of rotatable bonds is 9. The molecule has 0 radical (unpaired) electrons. The van der Waals surface area contributed by atoms with Crippen molar-refractivity contribution in [1.29, 1.82) is 0 Å². The number of aromatic nitrogens is 2. The molecule has 1 aliphatic carbocycles. The van der Waals surface area contributed by atoms with Crippen molar-refractivity contribution in [2.45, 2.75) is 44.9 Å². The van der Waals surface area contributed by atoms with Crippen LogP contribution in [0.5, 0.6) is 11.6 Å². The summed E-state index contributed by atoms with van der Waals surface area (Å²) >= 11 is 0. The zero-order valence-electron chi connectivity index (χ0n) is 18.6. The molecule has 7 nitrogen and oxygen atoms in total. The van der Waals surface area contributed by atoms with Crippen LogP contribution in [0.15, 0.2) is 6.07 Å². The lowest BCUT2D eigenvalue weighted by Crippen LogP contribution is -2.22. The van der Waals surface area contributed by atoms with E-state index in [1.54, 1.807) is 7.11 Å². The van der Waals surface area contributed by atoms with Gasteiger partial charge in [0.2, 0.25) is 0 Å². The van der Waals surface area contributed by atoms with Gasteiger partial charge in [-0.2, -0.15) is 0 Å². The van der Waals surface area contributed by atoms with Crippen molar-refractivity contribution in [1.82, 2.24) is 14.9 Å². The molecule has 0 aromatic carbocycles. The fraction of sp³-hybridized carbons (Fsp3) is 0.667. The van der Waals surface area contributed by atoms with Crippen LogP contribution < -0.4 is 14.8 Å². The zero-order chi connectivity index (χ0) is 21.0. The van der Waals surface area contributed by atoms with E-state index in [9.17, 15) is 0 Å². The number of hydrogen-bond donors (Lipinski definition) is 1. The molecule has 168 valence electrons. The van der Waals surface area contributed by atoms with Gasteiger partial charge in [0.15, 0.2) is 5.75 Å². The second-order valence-electron chi connectivity index (χ2n) is 8.99. The summed E-state index contributed by atoms with van der Waals surface area (Å²) in [7, 11) is 1.66. The molecular formula is C24H34N4O3. The van der Waals surface area contributed by atoms with Gasteiger partial charge in [-0.3, -0.25) is 4.98 Å². The maximum atomic E-state index is 6.11. The summed E-state index contributed by atoms with van der Waals surface area (Å²) in [6, 6.07) is 2.01. The molecule has 0 bridgehead atoms. The number of anilines is 1. The molecule has 0 amide bonds. The van der Waals surface area contributed by atoms with Crippen LogP contribution in [0.2, 0.25) is 0 Å². The number of aryl methyl sites for hydroxylation is 1. The molecule has 2 aromatic heterocycles. The van der Waals surface area contributed by atoms with Gasteiger partial charge in [-0.25, -0.2) is 4.98 Å². The molecule has 0 saturated carbocycles. The molecule has 31 heavy (non-hydrogen) atoms. The van der Waals surface area contributed by atoms with Gasteiger partial charge < -0.3 is 24.4 Å². The summed E-state index contributed by atoms with van der Waals surface area (Å²) in [5.41, 5.74) is 5.43. The van der Waals surface area contributed by atoms with Crippen LogP contribution >= 0.6 is 0 Å². The van der Waals surface area contributed by atoms with E-state index in [1.165, 1.54) is 37.2 Å². The topological polar surface area (TPSA) is 68.7 Å². The minimum absolute atomic E-state index is 0.542. The largest absolute Gasteiger partial charge is 0.488 e. The number of likely N-dealkylation sites (tertiary alicyclic amines) is 1. The van der Waals surface area contributed by atoms with Crippen molar-refractivity contribution in [2.24, 2.45) is 5.92 Å². The van der Waals surface area contributed by atoms with Gasteiger partial charge in [0.1, 0.15) is 5.52 Å². The Morgan fingerprint density at radius 3 is 2.90 bits per heavy atom. The lowest BCUT2D eigenvalue weighted by molar-refractivity contribution is 0.187. The van der Waals surface area contributed by atoms with E-state index >= 15 is 0 Å². The summed E-state index contributed by atoms with van der Waals surface area (Å²) in [5, 5.41) is 3.70. The molecule has 3 aliphatic rings. The quantitative estimate of drug-likeness (QED) is 0.616. The van der Waals surface area contributed by atoms with Crippen molar-refractivity contribution in [3.05, 3.63) is 17.3 Å². The third-order valence-electron chi connectivity index (χ3n) is 6.78. The highest BCUT2D eigenvalue weighted by Gasteiger charge is 2.24. The first-order chi connectivity index (χ1) is 15.3. The Labute approximate surface area is 184 Å². The van der Waals surface area contributed by atoms with E-state index < -0.39 is 0 Å². The van der Waals surface area contributed by atoms with Gasteiger partial charge in [-0.1, -0.05) is 0 Å². The standard InChI is InChI=1S/C24H34N4O3/c1-29-24-21(31-12-5-11-28-9-2-3-10-28)14-20-23(27-24)22(18-6-4-7-19(18)26-20)25-15-17-8-13-30-16-17/h14,17H,2-13,15-16H2,1H3,(H,25,26)/t17-/m0/s1. The Bertz CT molecular complexity index is 908. The highest BCUT2D eigenvalue weighted by atomic mass is 16.5.